The minimum absolute atomic E-state index is 0.150. The van der Waals surface area contributed by atoms with E-state index in [2.05, 4.69) is 28.2 Å². The van der Waals surface area contributed by atoms with Crippen molar-refractivity contribution in [3.8, 4) is 17.5 Å². The van der Waals surface area contributed by atoms with E-state index in [9.17, 15) is 10.1 Å². The Balaban J connectivity index is 1.61. The lowest BCUT2D eigenvalue weighted by molar-refractivity contribution is 0.201. The zero-order valence-corrected chi connectivity index (χ0v) is 14.8. The molecular formula is C21H19N5O. The standard InChI is InChI=1S/C21H19N5O/c22-14-25-15-24(12-11-17-7-3-1-4-8-17)16-26-20(27)13-19(23-21(25)26)18-9-5-2-6-10-18/h1-10,13H,11-12,15-16H2. The van der Waals surface area contributed by atoms with Crippen LogP contribution in [0.25, 0.3) is 11.3 Å². The number of fused-ring (bicyclic) bond motifs is 1. The van der Waals surface area contributed by atoms with Crippen LogP contribution in [0.5, 0.6) is 0 Å². The molecule has 2 aromatic carbocycles. The van der Waals surface area contributed by atoms with Crippen LogP contribution in [0.2, 0.25) is 0 Å². The quantitative estimate of drug-likeness (QED) is 0.672. The third-order valence-electron chi connectivity index (χ3n) is 4.66. The predicted octanol–water partition coefficient (Wildman–Crippen LogP) is 2.67. The third kappa shape index (κ3) is 3.59. The molecule has 6 heteroatoms. The average molecular weight is 357 g/mol. The molecule has 1 aromatic heterocycles. The molecule has 0 unspecified atom stereocenters. The second-order valence-corrected chi connectivity index (χ2v) is 6.51. The zero-order valence-electron chi connectivity index (χ0n) is 14.8. The van der Waals surface area contributed by atoms with Crippen LogP contribution in [0.1, 0.15) is 5.56 Å². The molecule has 0 saturated carbocycles. The van der Waals surface area contributed by atoms with Crippen LogP contribution < -0.4 is 10.5 Å². The highest BCUT2D eigenvalue weighted by molar-refractivity contribution is 5.60. The van der Waals surface area contributed by atoms with Gasteiger partial charge in [0.2, 0.25) is 5.95 Å². The Hall–Kier alpha value is -3.43. The summed E-state index contributed by atoms with van der Waals surface area (Å²) in [7, 11) is 0. The average Bonchev–Trinajstić information content (AvgIpc) is 2.73. The summed E-state index contributed by atoms with van der Waals surface area (Å²) in [5.41, 5.74) is 2.53. The van der Waals surface area contributed by atoms with Gasteiger partial charge in [0.1, 0.15) is 0 Å². The number of nitriles is 1. The molecule has 2 heterocycles. The highest BCUT2D eigenvalue weighted by Crippen LogP contribution is 2.21. The van der Waals surface area contributed by atoms with E-state index < -0.39 is 0 Å². The molecule has 4 rings (SSSR count). The summed E-state index contributed by atoms with van der Waals surface area (Å²) in [5, 5.41) is 9.59. The van der Waals surface area contributed by atoms with Crippen LogP contribution in [0, 0.1) is 11.5 Å². The molecule has 0 bridgehead atoms. The maximum absolute atomic E-state index is 12.7. The van der Waals surface area contributed by atoms with E-state index in [1.165, 1.54) is 16.5 Å². The van der Waals surface area contributed by atoms with E-state index in [0.29, 0.717) is 25.0 Å². The molecule has 6 nitrogen and oxygen atoms in total. The van der Waals surface area contributed by atoms with Crippen LogP contribution in [0.4, 0.5) is 5.95 Å². The van der Waals surface area contributed by atoms with Crippen LogP contribution in [0.15, 0.2) is 71.5 Å². The smallest absolute Gasteiger partial charge is 0.256 e. The Morgan fingerprint density at radius 3 is 2.41 bits per heavy atom. The van der Waals surface area contributed by atoms with Gasteiger partial charge in [-0.3, -0.25) is 14.3 Å². The van der Waals surface area contributed by atoms with Crippen molar-refractivity contribution < 1.29 is 0 Å². The summed E-state index contributed by atoms with van der Waals surface area (Å²) in [6.45, 7) is 1.61. The van der Waals surface area contributed by atoms with Crippen molar-refractivity contribution in [2.75, 3.05) is 18.1 Å². The molecule has 1 aliphatic heterocycles. The van der Waals surface area contributed by atoms with Crippen LogP contribution in [0.3, 0.4) is 0 Å². The predicted molar refractivity (Wildman–Crippen MR) is 104 cm³/mol. The molecular weight excluding hydrogens is 338 g/mol. The fourth-order valence-corrected chi connectivity index (χ4v) is 3.25. The number of aromatic nitrogens is 2. The van der Waals surface area contributed by atoms with Gasteiger partial charge in [-0.05, 0) is 12.0 Å². The number of nitrogens with zero attached hydrogens (tertiary/aromatic N) is 5. The number of anilines is 1. The summed E-state index contributed by atoms with van der Waals surface area (Å²) in [5.74, 6) is 0.403. The Morgan fingerprint density at radius 1 is 1.00 bits per heavy atom. The molecule has 27 heavy (non-hydrogen) atoms. The Morgan fingerprint density at radius 2 is 1.70 bits per heavy atom. The Bertz CT molecular complexity index is 1020. The molecule has 0 saturated heterocycles. The normalized spacial score (nSPS) is 13.8. The topological polar surface area (TPSA) is 65.2 Å². The lowest BCUT2D eigenvalue weighted by Crippen LogP contribution is -2.47. The summed E-state index contributed by atoms with van der Waals surface area (Å²) in [6, 6.07) is 21.3. The van der Waals surface area contributed by atoms with Crippen molar-refractivity contribution in [3.63, 3.8) is 0 Å². The zero-order chi connectivity index (χ0) is 18.6. The maximum atomic E-state index is 12.7. The number of hydrogen-bond donors (Lipinski definition) is 0. The molecule has 0 aliphatic carbocycles. The highest BCUT2D eigenvalue weighted by atomic mass is 16.1. The van der Waals surface area contributed by atoms with Gasteiger partial charge in [0, 0.05) is 18.2 Å². The lowest BCUT2D eigenvalue weighted by Gasteiger charge is -2.34. The summed E-state index contributed by atoms with van der Waals surface area (Å²) >= 11 is 0. The number of hydrogen-bond acceptors (Lipinski definition) is 5. The van der Waals surface area contributed by atoms with Gasteiger partial charge in [0.25, 0.3) is 5.56 Å². The second kappa shape index (κ2) is 7.44. The molecule has 0 spiro atoms. The first-order valence-corrected chi connectivity index (χ1v) is 8.85. The number of benzene rings is 2. The molecule has 0 fully saturated rings. The first kappa shape index (κ1) is 17.0. The van der Waals surface area contributed by atoms with Gasteiger partial charge in [-0.15, -0.1) is 0 Å². The molecule has 1 aliphatic rings. The molecule has 0 radical (unpaired) electrons. The van der Waals surface area contributed by atoms with Crippen molar-refractivity contribution >= 4 is 5.95 Å². The van der Waals surface area contributed by atoms with Crippen molar-refractivity contribution in [2.24, 2.45) is 0 Å². The van der Waals surface area contributed by atoms with Crippen molar-refractivity contribution in [1.82, 2.24) is 14.5 Å². The third-order valence-corrected chi connectivity index (χ3v) is 4.66. The SMILES string of the molecule is N#CN1CN(CCc2ccccc2)Cn2c1nc(-c1ccccc1)cc2=O. The van der Waals surface area contributed by atoms with Gasteiger partial charge >= 0.3 is 0 Å². The highest BCUT2D eigenvalue weighted by Gasteiger charge is 2.25. The first-order chi connectivity index (χ1) is 13.2. The van der Waals surface area contributed by atoms with Gasteiger partial charge in [-0.2, -0.15) is 5.26 Å². The van der Waals surface area contributed by atoms with Crippen LogP contribution >= 0.6 is 0 Å². The monoisotopic (exact) mass is 357 g/mol. The lowest BCUT2D eigenvalue weighted by atomic mass is 10.1. The molecule has 0 amide bonds. The first-order valence-electron chi connectivity index (χ1n) is 8.85. The largest absolute Gasteiger partial charge is 0.269 e. The van der Waals surface area contributed by atoms with E-state index in [0.717, 1.165) is 18.5 Å². The summed E-state index contributed by atoms with van der Waals surface area (Å²) in [4.78, 5) is 20.8. The van der Waals surface area contributed by atoms with Gasteiger partial charge in [0.05, 0.1) is 19.0 Å². The van der Waals surface area contributed by atoms with E-state index in [1.54, 1.807) is 4.57 Å². The molecule has 0 atom stereocenters. The molecule has 3 aromatic rings. The van der Waals surface area contributed by atoms with E-state index in [4.69, 9.17) is 0 Å². The Labute approximate surface area is 157 Å². The maximum Gasteiger partial charge on any atom is 0.256 e. The minimum atomic E-state index is -0.150. The van der Waals surface area contributed by atoms with Crippen LogP contribution in [-0.4, -0.2) is 27.7 Å². The Kier molecular flexibility index (Phi) is 4.69. The van der Waals surface area contributed by atoms with E-state index >= 15 is 0 Å². The van der Waals surface area contributed by atoms with Gasteiger partial charge in [-0.25, -0.2) is 9.88 Å². The van der Waals surface area contributed by atoms with Crippen molar-refractivity contribution in [1.29, 1.82) is 5.26 Å². The fraction of sp³-hybridized carbons (Fsp3) is 0.190. The molecule has 0 N–H and O–H groups in total. The second-order valence-electron chi connectivity index (χ2n) is 6.51. The summed E-state index contributed by atoms with van der Waals surface area (Å²) < 4.78 is 1.56. The van der Waals surface area contributed by atoms with Gasteiger partial charge < -0.3 is 0 Å². The van der Waals surface area contributed by atoms with Crippen molar-refractivity contribution in [3.05, 3.63) is 82.6 Å². The van der Waals surface area contributed by atoms with Crippen LogP contribution in [-0.2, 0) is 13.1 Å². The summed E-state index contributed by atoms with van der Waals surface area (Å²) in [6.07, 6.45) is 3.02. The van der Waals surface area contributed by atoms with E-state index in [1.807, 2.05) is 48.5 Å². The number of rotatable bonds is 4. The minimum Gasteiger partial charge on any atom is -0.269 e. The van der Waals surface area contributed by atoms with Gasteiger partial charge in [0.15, 0.2) is 6.19 Å². The van der Waals surface area contributed by atoms with E-state index in [-0.39, 0.29) is 5.56 Å². The molecule has 134 valence electrons. The van der Waals surface area contributed by atoms with Gasteiger partial charge in [-0.1, -0.05) is 60.7 Å². The fourth-order valence-electron chi connectivity index (χ4n) is 3.25. The van der Waals surface area contributed by atoms with Crippen molar-refractivity contribution in [2.45, 2.75) is 13.1 Å².